The number of benzene rings is 1. The summed E-state index contributed by atoms with van der Waals surface area (Å²) < 4.78 is 0. The van der Waals surface area contributed by atoms with Crippen molar-refractivity contribution in [2.24, 2.45) is 5.84 Å². The summed E-state index contributed by atoms with van der Waals surface area (Å²) in [6.07, 6.45) is 3.03. The fourth-order valence-corrected chi connectivity index (χ4v) is 2.75. The summed E-state index contributed by atoms with van der Waals surface area (Å²) in [4.78, 5) is 0. The van der Waals surface area contributed by atoms with Crippen molar-refractivity contribution in [3.05, 3.63) is 57.2 Å². The van der Waals surface area contributed by atoms with Gasteiger partial charge in [-0.1, -0.05) is 23.7 Å². The monoisotopic (exact) mass is 280 g/mol. The lowest BCUT2D eigenvalue weighted by atomic mass is 10.0. The van der Waals surface area contributed by atoms with Crippen LogP contribution in [0, 0.1) is 0 Å². The zero-order valence-corrected chi connectivity index (χ0v) is 11.7. The van der Waals surface area contributed by atoms with Crippen molar-refractivity contribution in [2.45, 2.75) is 25.3 Å². The minimum absolute atomic E-state index is 0.297. The van der Waals surface area contributed by atoms with Crippen molar-refractivity contribution in [1.29, 1.82) is 0 Å². The average molecular weight is 281 g/mol. The van der Waals surface area contributed by atoms with Gasteiger partial charge in [0.2, 0.25) is 0 Å². The first-order valence-electron chi connectivity index (χ1n) is 5.99. The number of nitrogens with one attached hydrogen (secondary N) is 1. The van der Waals surface area contributed by atoms with E-state index in [0.717, 1.165) is 24.3 Å². The minimum atomic E-state index is 0.297. The summed E-state index contributed by atoms with van der Waals surface area (Å²) in [6.45, 7) is 0. The molecular formula is C14H17ClN2S. The van der Waals surface area contributed by atoms with E-state index in [-0.39, 0.29) is 0 Å². The first kappa shape index (κ1) is 13.6. The van der Waals surface area contributed by atoms with E-state index in [0.29, 0.717) is 6.04 Å². The van der Waals surface area contributed by atoms with Crippen molar-refractivity contribution >= 4 is 22.9 Å². The van der Waals surface area contributed by atoms with Crippen molar-refractivity contribution < 1.29 is 0 Å². The largest absolute Gasteiger partial charge is 0.271 e. The molecule has 3 N–H and O–H groups in total. The van der Waals surface area contributed by atoms with Crippen molar-refractivity contribution in [3.63, 3.8) is 0 Å². The maximum atomic E-state index is 5.87. The molecule has 96 valence electrons. The highest BCUT2D eigenvalue weighted by molar-refractivity contribution is 7.07. The van der Waals surface area contributed by atoms with Gasteiger partial charge in [0.1, 0.15) is 0 Å². The standard InChI is InChI=1S/C14H17ClN2S/c15-13-4-1-11(2-5-13)9-14(17-16)6-3-12-7-8-18-10-12/h1-2,4-5,7-8,10,14,17H,3,6,9,16H2. The molecule has 0 fully saturated rings. The summed E-state index contributed by atoms with van der Waals surface area (Å²) in [5.74, 6) is 5.62. The smallest absolute Gasteiger partial charge is 0.0406 e. The zero-order valence-electron chi connectivity index (χ0n) is 10.1. The van der Waals surface area contributed by atoms with Gasteiger partial charge in [-0.15, -0.1) is 0 Å². The predicted octanol–water partition coefficient (Wildman–Crippen LogP) is 3.41. The summed E-state index contributed by atoms with van der Waals surface area (Å²) in [5, 5.41) is 5.07. The van der Waals surface area contributed by atoms with Crippen LogP contribution in [-0.4, -0.2) is 6.04 Å². The number of nitrogens with two attached hydrogens (primary N) is 1. The van der Waals surface area contributed by atoms with Crippen LogP contribution < -0.4 is 11.3 Å². The van der Waals surface area contributed by atoms with Crippen LogP contribution in [0.3, 0.4) is 0 Å². The molecule has 1 unspecified atom stereocenters. The molecule has 2 aromatic rings. The first-order valence-corrected chi connectivity index (χ1v) is 7.31. The molecule has 1 atom stereocenters. The van der Waals surface area contributed by atoms with Crippen molar-refractivity contribution in [1.82, 2.24) is 5.43 Å². The first-order chi connectivity index (χ1) is 8.78. The molecule has 0 spiro atoms. The fourth-order valence-electron chi connectivity index (χ4n) is 1.93. The Morgan fingerprint density at radius 3 is 2.56 bits per heavy atom. The predicted molar refractivity (Wildman–Crippen MR) is 78.9 cm³/mol. The molecule has 1 heterocycles. The Labute approximate surface area is 117 Å². The second-order valence-corrected chi connectivity index (χ2v) is 5.58. The van der Waals surface area contributed by atoms with Crippen LogP contribution >= 0.6 is 22.9 Å². The number of rotatable bonds is 6. The van der Waals surface area contributed by atoms with Crippen LogP contribution in [0.15, 0.2) is 41.1 Å². The normalized spacial score (nSPS) is 12.6. The van der Waals surface area contributed by atoms with Gasteiger partial charge in [-0.3, -0.25) is 11.3 Å². The second-order valence-electron chi connectivity index (χ2n) is 4.36. The molecule has 18 heavy (non-hydrogen) atoms. The second kappa shape index (κ2) is 6.90. The summed E-state index contributed by atoms with van der Waals surface area (Å²) in [6, 6.07) is 10.4. The van der Waals surface area contributed by atoms with E-state index in [9.17, 15) is 0 Å². The molecule has 0 saturated carbocycles. The molecule has 0 aliphatic rings. The number of thiophene rings is 1. The van der Waals surface area contributed by atoms with Crippen LogP contribution in [0.5, 0.6) is 0 Å². The Hall–Kier alpha value is -0.870. The topological polar surface area (TPSA) is 38.0 Å². The highest BCUT2D eigenvalue weighted by Gasteiger charge is 2.08. The molecule has 0 aliphatic heterocycles. The quantitative estimate of drug-likeness (QED) is 0.629. The van der Waals surface area contributed by atoms with Gasteiger partial charge in [0.25, 0.3) is 0 Å². The SMILES string of the molecule is NNC(CCc1ccsc1)Cc1ccc(Cl)cc1. The van der Waals surface area contributed by atoms with Gasteiger partial charge in [-0.05, 0) is 59.3 Å². The van der Waals surface area contributed by atoms with E-state index in [1.54, 1.807) is 11.3 Å². The van der Waals surface area contributed by atoms with Crippen LogP contribution in [-0.2, 0) is 12.8 Å². The highest BCUT2D eigenvalue weighted by atomic mass is 35.5. The number of hydrogen-bond donors (Lipinski definition) is 2. The van der Waals surface area contributed by atoms with Crippen molar-refractivity contribution in [3.8, 4) is 0 Å². The van der Waals surface area contributed by atoms with E-state index in [2.05, 4.69) is 34.4 Å². The van der Waals surface area contributed by atoms with Crippen LogP contribution in [0.4, 0.5) is 0 Å². The number of hydrogen-bond acceptors (Lipinski definition) is 3. The Balaban J connectivity index is 1.87. The lowest BCUT2D eigenvalue weighted by Gasteiger charge is -2.15. The molecule has 0 amide bonds. The van der Waals surface area contributed by atoms with Gasteiger partial charge in [0.15, 0.2) is 0 Å². The lowest BCUT2D eigenvalue weighted by Crippen LogP contribution is -2.37. The van der Waals surface area contributed by atoms with Crippen LogP contribution in [0.1, 0.15) is 17.5 Å². The molecule has 1 aromatic carbocycles. The van der Waals surface area contributed by atoms with Gasteiger partial charge in [0, 0.05) is 11.1 Å². The summed E-state index contributed by atoms with van der Waals surface area (Å²) in [5.41, 5.74) is 5.54. The van der Waals surface area contributed by atoms with Gasteiger partial charge >= 0.3 is 0 Å². The van der Waals surface area contributed by atoms with Gasteiger partial charge in [-0.2, -0.15) is 11.3 Å². The third-order valence-corrected chi connectivity index (χ3v) is 3.98. The maximum Gasteiger partial charge on any atom is 0.0406 e. The Bertz CT molecular complexity index is 453. The lowest BCUT2D eigenvalue weighted by molar-refractivity contribution is 0.491. The van der Waals surface area contributed by atoms with Gasteiger partial charge in [-0.25, -0.2) is 0 Å². The average Bonchev–Trinajstić information content (AvgIpc) is 2.90. The highest BCUT2D eigenvalue weighted by Crippen LogP contribution is 2.14. The Kier molecular flexibility index (Phi) is 5.20. The zero-order chi connectivity index (χ0) is 12.8. The molecule has 0 radical (unpaired) electrons. The molecule has 2 nitrogen and oxygen atoms in total. The number of aryl methyl sites for hydroxylation is 1. The summed E-state index contributed by atoms with van der Waals surface area (Å²) >= 11 is 7.61. The molecule has 2 rings (SSSR count). The van der Waals surface area contributed by atoms with E-state index < -0.39 is 0 Å². The van der Waals surface area contributed by atoms with E-state index >= 15 is 0 Å². The number of hydrazine groups is 1. The molecule has 0 aliphatic carbocycles. The number of halogens is 1. The third kappa shape index (κ3) is 4.10. The van der Waals surface area contributed by atoms with E-state index in [4.69, 9.17) is 17.4 Å². The van der Waals surface area contributed by atoms with E-state index in [1.807, 2.05) is 12.1 Å². The van der Waals surface area contributed by atoms with Crippen molar-refractivity contribution in [2.75, 3.05) is 0 Å². The summed E-state index contributed by atoms with van der Waals surface area (Å²) in [7, 11) is 0. The molecule has 0 bridgehead atoms. The van der Waals surface area contributed by atoms with Crippen LogP contribution in [0.2, 0.25) is 5.02 Å². The van der Waals surface area contributed by atoms with Gasteiger partial charge in [0.05, 0.1) is 0 Å². The molecule has 1 aromatic heterocycles. The Morgan fingerprint density at radius 2 is 1.94 bits per heavy atom. The minimum Gasteiger partial charge on any atom is -0.271 e. The van der Waals surface area contributed by atoms with Crippen LogP contribution in [0.25, 0.3) is 0 Å². The third-order valence-electron chi connectivity index (χ3n) is 2.99. The maximum absolute atomic E-state index is 5.87. The fraction of sp³-hybridized carbons (Fsp3) is 0.286. The molecule has 4 heteroatoms. The van der Waals surface area contributed by atoms with E-state index in [1.165, 1.54) is 11.1 Å². The molecular weight excluding hydrogens is 264 g/mol. The van der Waals surface area contributed by atoms with Gasteiger partial charge < -0.3 is 0 Å². The Morgan fingerprint density at radius 1 is 1.17 bits per heavy atom. The molecule has 0 saturated heterocycles.